The summed E-state index contributed by atoms with van der Waals surface area (Å²) in [6, 6.07) is 4.17. The average molecular weight is 460 g/mol. The van der Waals surface area contributed by atoms with Crippen molar-refractivity contribution >= 4 is 49.8 Å². The number of hydrogen-bond acceptors (Lipinski definition) is 9. The van der Waals surface area contributed by atoms with Gasteiger partial charge in [-0.1, -0.05) is 42.4 Å². The van der Waals surface area contributed by atoms with E-state index in [9.17, 15) is 4.79 Å². The Morgan fingerprint density at radius 3 is 2.97 bits per heavy atom. The molecular weight excluding hydrogens is 438 g/mol. The highest BCUT2D eigenvalue weighted by molar-refractivity contribution is 8.01. The van der Waals surface area contributed by atoms with E-state index < -0.39 is 0 Å². The van der Waals surface area contributed by atoms with E-state index in [2.05, 4.69) is 20.5 Å². The molecule has 1 saturated carbocycles. The second kappa shape index (κ2) is 8.52. The maximum Gasteiger partial charge on any atom is 0.260 e. The molecule has 4 aromatic heterocycles. The van der Waals surface area contributed by atoms with Crippen LogP contribution in [0.2, 0.25) is 0 Å². The Hall–Kier alpha value is -2.17. The summed E-state index contributed by atoms with van der Waals surface area (Å²) in [5, 5.41) is 15.4. The third-order valence-corrected chi connectivity index (χ3v) is 8.17. The number of anilines is 1. The zero-order valence-corrected chi connectivity index (χ0v) is 18.8. The number of H-pyrrole nitrogens is 1. The van der Waals surface area contributed by atoms with Gasteiger partial charge in [-0.3, -0.25) is 4.79 Å². The molecule has 1 atom stereocenters. The van der Waals surface area contributed by atoms with Gasteiger partial charge in [0, 0.05) is 17.0 Å². The molecule has 1 aliphatic rings. The largest absolute Gasteiger partial charge is 0.464 e. The first kappa shape index (κ1) is 19.8. The molecule has 156 valence electrons. The molecule has 2 N–H and O–H groups in total. The fourth-order valence-corrected chi connectivity index (χ4v) is 6.68. The van der Waals surface area contributed by atoms with E-state index in [4.69, 9.17) is 9.40 Å². The first-order chi connectivity index (χ1) is 14.7. The molecule has 0 aromatic carbocycles. The zero-order valence-electron chi connectivity index (χ0n) is 16.4. The van der Waals surface area contributed by atoms with Gasteiger partial charge in [-0.2, -0.15) is 0 Å². The van der Waals surface area contributed by atoms with E-state index in [1.807, 2.05) is 24.4 Å². The van der Waals surface area contributed by atoms with Crippen molar-refractivity contribution in [2.45, 2.75) is 54.7 Å². The zero-order chi connectivity index (χ0) is 20.5. The number of fused-ring (bicyclic) bond motifs is 1. The molecule has 0 spiro atoms. The topological polar surface area (TPSA) is 96.7 Å². The molecule has 0 saturated heterocycles. The number of aromatic nitrogens is 4. The molecule has 4 aromatic rings. The second-order valence-electron chi connectivity index (χ2n) is 7.37. The van der Waals surface area contributed by atoms with Crippen LogP contribution >= 0.6 is 34.4 Å². The predicted octanol–water partition coefficient (Wildman–Crippen LogP) is 5.69. The predicted molar refractivity (Wildman–Crippen MR) is 123 cm³/mol. The number of hydrogen-bond donors (Lipinski definition) is 2. The summed E-state index contributed by atoms with van der Waals surface area (Å²) in [6.07, 6.45) is 7.89. The Kier molecular flexibility index (Phi) is 5.62. The Bertz CT molecular complexity index is 1190. The van der Waals surface area contributed by atoms with Gasteiger partial charge in [0.05, 0.1) is 16.9 Å². The van der Waals surface area contributed by atoms with Crippen molar-refractivity contribution in [1.82, 2.24) is 20.2 Å². The van der Waals surface area contributed by atoms with Crippen molar-refractivity contribution < 1.29 is 4.42 Å². The lowest BCUT2D eigenvalue weighted by Gasteiger charge is -2.21. The first-order valence-corrected chi connectivity index (χ1v) is 12.6. The van der Waals surface area contributed by atoms with E-state index in [-0.39, 0.29) is 10.8 Å². The van der Waals surface area contributed by atoms with Gasteiger partial charge >= 0.3 is 0 Å². The molecule has 30 heavy (non-hydrogen) atoms. The van der Waals surface area contributed by atoms with Crippen LogP contribution in [-0.2, 0) is 0 Å². The summed E-state index contributed by atoms with van der Waals surface area (Å²) in [6.45, 7) is 2.02. The van der Waals surface area contributed by atoms with Crippen LogP contribution in [0.25, 0.3) is 21.5 Å². The van der Waals surface area contributed by atoms with Gasteiger partial charge in [-0.15, -0.1) is 21.5 Å². The molecule has 1 unspecified atom stereocenters. The molecule has 0 radical (unpaired) electrons. The lowest BCUT2D eigenvalue weighted by Crippen LogP contribution is -2.21. The van der Waals surface area contributed by atoms with Crippen LogP contribution in [0.1, 0.15) is 50.1 Å². The van der Waals surface area contributed by atoms with Crippen LogP contribution in [0.3, 0.4) is 0 Å². The summed E-state index contributed by atoms with van der Waals surface area (Å²) in [7, 11) is 0. The van der Waals surface area contributed by atoms with Crippen LogP contribution in [0.4, 0.5) is 5.13 Å². The van der Waals surface area contributed by atoms with E-state index in [1.165, 1.54) is 43.4 Å². The Labute approximate surface area is 185 Å². The minimum atomic E-state index is -0.146. The smallest absolute Gasteiger partial charge is 0.260 e. The molecule has 0 aliphatic heterocycles. The lowest BCUT2D eigenvalue weighted by molar-refractivity contribution is 0.462. The van der Waals surface area contributed by atoms with Crippen LogP contribution in [-0.4, -0.2) is 26.2 Å². The summed E-state index contributed by atoms with van der Waals surface area (Å²) in [4.78, 5) is 21.2. The van der Waals surface area contributed by atoms with E-state index in [0.717, 1.165) is 15.0 Å². The van der Waals surface area contributed by atoms with Crippen molar-refractivity contribution in [2.75, 3.05) is 5.32 Å². The molecule has 1 aliphatic carbocycles. The standard InChI is InChI=1S/C20H21N5O2S3/c1-11(29-20-25-24-19(30-20)21-12-6-3-2-4-7-12)16-22-17(26)15-13(10-28-18(15)23-16)14-8-5-9-27-14/h5,8-12H,2-4,6-7H2,1H3,(H,21,24)(H,22,23,26). The molecule has 1 fully saturated rings. The van der Waals surface area contributed by atoms with Crippen LogP contribution in [0.15, 0.2) is 37.3 Å². The number of nitrogens with one attached hydrogen (secondary N) is 2. The van der Waals surface area contributed by atoms with Gasteiger partial charge < -0.3 is 14.7 Å². The summed E-state index contributed by atoms with van der Waals surface area (Å²) in [5.41, 5.74) is 0.634. The maximum absolute atomic E-state index is 12.8. The number of rotatable bonds is 6. The van der Waals surface area contributed by atoms with Crippen LogP contribution < -0.4 is 10.9 Å². The molecule has 4 heterocycles. The van der Waals surface area contributed by atoms with Crippen LogP contribution in [0, 0.1) is 0 Å². The highest BCUT2D eigenvalue weighted by Crippen LogP contribution is 2.38. The van der Waals surface area contributed by atoms with Gasteiger partial charge in [-0.25, -0.2) is 4.98 Å². The molecule has 0 amide bonds. The number of aromatic amines is 1. The normalized spacial score (nSPS) is 16.2. The van der Waals surface area contributed by atoms with Crippen molar-refractivity contribution in [3.63, 3.8) is 0 Å². The van der Waals surface area contributed by atoms with Crippen LogP contribution in [0.5, 0.6) is 0 Å². The van der Waals surface area contributed by atoms with Gasteiger partial charge in [0.2, 0.25) is 5.13 Å². The van der Waals surface area contributed by atoms with Gasteiger partial charge in [0.1, 0.15) is 16.4 Å². The fraction of sp³-hybridized carbons (Fsp3) is 0.400. The maximum atomic E-state index is 12.8. The molecule has 7 nitrogen and oxygen atoms in total. The number of furan rings is 1. The minimum absolute atomic E-state index is 0.0493. The van der Waals surface area contributed by atoms with E-state index in [0.29, 0.717) is 27.8 Å². The highest BCUT2D eigenvalue weighted by Gasteiger charge is 2.20. The monoisotopic (exact) mass is 459 g/mol. The Morgan fingerprint density at radius 1 is 1.30 bits per heavy atom. The van der Waals surface area contributed by atoms with Gasteiger partial charge in [0.25, 0.3) is 5.56 Å². The quantitative estimate of drug-likeness (QED) is 0.357. The molecule has 0 bridgehead atoms. The number of thioether (sulfide) groups is 1. The lowest BCUT2D eigenvalue weighted by atomic mass is 9.96. The Balaban J connectivity index is 1.33. The fourth-order valence-electron chi connectivity index (χ4n) is 3.72. The average Bonchev–Trinajstić information content (AvgIpc) is 3.49. The molecule has 10 heteroatoms. The van der Waals surface area contributed by atoms with Crippen molar-refractivity contribution in [3.05, 3.63) is 40.0 Å². The van der Waals surface area contributed by atoms with E-state index in [1.54, 1.807) is 29.4 Å². The number of nitrogens with zero attached hydrogens (tertiary/aromatic N) is 3. The van der Waals surface area contributed by atoms with Gasteiger partial charge in [0.15, 0.2) is 4.34 Å². The van der Waals surface area contributed by atoms with Crippen molar-refractivity contribution in [2.24, 2.45) is 0 Å². The van der Waals surface area contributed by atoms with Crippen molar-refractivity contribution in [3.8, 4) is 11.3 Å². The minimum Gasteiger partial charge on any atom is -0.464 e. The third kappa shape index (κ3) is 4.03. The summed E-state index contributed by atoms with van der Waals surface area (Å²) >= 11 is 4.57. The molecular formula is C20H21N5O2S3. The van der Waals surface area contributed by atoms with Crippen molar-refractivity contribution in [1.29, 1.82) is 0 Å². The summed E-state index contributed by atoms with van der Waals surface area (Å²) in [5.74, 6) is 1.32. The first-order valence-electron chi connectivity index (χ1n) is 9.99. The highest BCUT2D eigenvalue weighted by atomic mass is 32.2. The Morgan fingerprint density at radius 2 is 2.17 bits per heavy atom. The SMILES string of the molecule is CC(Sc1nnc(NC2CCCCC2)s1)c1nc2scc(-c3ccco3)c2c(=O)[nH]1. The van der Waals surface area contributed by atoms with E-state index >= 15 is 0 Å². The number of thiophene rings is 1. The van der Waals surface area contributed by atoms with Gasteiger partial charge in [-0.05, 0) is 31.9 Å². The molecule has 5 rings (SSSR count). The third-order valence-electron chi connectivity index (χ3n) is 5.25. The summed E-state index contributed by atoms with van der Waals surface area (Å²) < 4.78 is 6.32. The second-order valence-corrected chi connectivity index (χ2v) is 10.8.